The Kier molecular flexibility index (Phi) is 3.92. The molecule has 196 valence electrons. The summed E-state index contributed by atoms with van der Waals surface area (Å²) in [4.78, 5) is 28.8. The second-order valence-corrected chi connectivity index (χ2v) is 7.86. The molecule has 39 heavy (non-hydrogen) atoms. The first-order chi connectivity index (χ1) is 23.6. The molecule has 0 fully saturated rings. The molecule has 0 saturated carbocycles. The van der Waals surface area contributed by atoms with Gasteiger partial charge in [-0.2, -0.15) is 13.2 Å². The van der Waals surface area contributed by atoms with Crippen LogP contribution in [0.1, 0.15) is 43.6 Å². The average molecular weight is 542 g/mol. The summed E-state index contributed by atoms with van der Waals surface area (Å²) in [5, 5.41) is 4.52. The van der Waals surface area contributed by atoms with Gasteiger partial charge in [-0.05, 0) is 67.8 Å². The van der Waals surface area contributed by atoms with E-state index in [-0.39, 0.29) is 5.69 Å². The SMILES string of the molecule is [2H]c1nc(Nc2c([2H])c(C(=O)Nc3cc(-n4cnc(C)c4)cc(C(F)(F)F)c3)c([2H])c([2H])c2C([2H])([2H])[2H])nc(-c2c([2H])nc([2H])c([2H])c2[2H])c1[2H]. The number of pyridine rings is 1. The van der Waals surface area contributed by atoms with Gasteiger partial charge in [-0.15, -0.1) is 0 Å². The molecule has 1 amide bonds. The van der Waals surface area contributed by atoms with Gasteiger partial charge in [0.05, 0.1) is 35.6 Å². The first-order valence-electron chi connectivity index (χ1n) is 16.9. The number of alkyl halides is 3. The summed E-state index contributed by atoms with van der Waals surface area (Å²) in [5.41, 5.74) is -5.08. The van der Waals surface area contributed by atoms with Crippen molar-refractivity contribution in [1.82, 2.24) is 24.5 Å². The largest absolute Gasteiger partial charge is 0.416 e. The molecule has 0 saturated heterocycles. The lowest BCUT2D eigenvalue weighted by molar-refractivity contribution is -0.137. The van der Waals surface area contributed by atoms with Crippen molar-refractivity contribution in [3.8, 4) is 16.9 Å². The van der Waals surface area contributed by atoms with E-state index in [1.807, 2.05) is 0 Å². The first-order valence-corrected chi connectivity index (χ1v) is 10.9. The van der Waals surface area contributed by atoms with Gasteiger partial charge >= 0.3 is 6.18 Å². The van der Waals surface area contributed by atoms with Crippen LogP contribution in [-0.2, 0) is 6.18 Å². The highest BCUT2D eigenvalue weighted by Gasteiger charge is 2.31. The number of rotatable bonds is 6. The number of carbonyl (C=O) groups is 1. The highest BCUT2D eigenvalue weighted by molar-refractivity contribution is 6.05. The van der Waals surface area contributed by atoms with Gasteiger partial charge in [0.1, 0.15) is 0 Å². The molecule has 3 heterocycles. The van der Waals surface area contributed by atoms with Crippen molar-refractivity contribution in [1.29, 1.82) is 0 Å². The normalized spacial score (nSPS) is 16.0. The quantitative estimate of drug-likeness (QED) is 0.260. The number of halogens is 3. The van der Waals surface area contributed by atoms with E-state index in [2.05, 4.69) is 30.6 Å². The van der Waals surface area contributed by atoms with E-state index in [1.165, 1.54) is 17.1 Å². The Morgan fingerprint density at radius 2 is 1.97 bits per heavy atom. The van der Waals surface area contributed by atoms with Crippen molar-refractivity contribution in [3.63, 3.8) is 0 Å². The molecular formula is C28H22F3N7O. The summed E-state index contributed by atoms with van der Waals surface area (Å²) in [7, 11) is 0. The predicted octanol–water partition coefficient (Wildman–Crippen LogP) is 6.36. The summed E-state index contributed by atoms with van der Waals surface area (Å²) >= 11 is 0. The number of amides is 1. The number of hydrogen-bond acceptors (Lipinski definition) is 6. The number of aryl methyl sites for hydroxylation is 1. The van der Waals surface area contributed by atoms with Crippen LogP contribution < -0.4 is 10.6 Å². The Balaban J connectivity index is 1.65. The van der Waals surface area contributed by atoms with Crippen LogP contribution >= 0.6 is 0 Å². The molecular weight excluding hydrogens is 507 g/mol. The van der Waals surface area contributed by atoms with Crippen molar-refractivity contribution in [2.45, 2.75) is 20.0 Å². The molecule has 5 rings (SSSR count). The molecule has 3 aromatic heterocycles. The van der Waals surface area contributed by atoms with Gasteiger partial charge in [0, 0.05) is 57.0 Å². The zero-order chi connectivity index (χ0) is 37.9. The highest BCUT2D eigenvalue weighted by Crippen LogP contribution is 2.33. The lowest BCUT2D eigenvalue weighted by Crippen LogP contribution is -2.14. The Morgan fingerprint density at radius 3 is 2.74 bits per heavy atom. The molecule has 0 atom stereocenters. The average Bonchev–Trinajstić information content (AvgIpc) is 3.46. The van der Waals surface area contributed by atoms with Crippen LogP contribution in [0.3, 0.4) is 0 Å². The summed E-state index contributed by atoms with van der Waals surface area (Å²) < 4.78 is 141. The minimum atomic E-state index is -4.87. The molecule has 0 bridgehead atoms. The van der Waals surface area contributed by atoms with Crippen molar-refractivity contribution < 1.29 is 34.4 Å². The van der Waals surface area contributed by atoms with Gasteiger partial charge in [0.2, 0.25) is 5.95 Å². The molecule has 0 spiro atoms. The molecule has 0 aliphatic heterocycles. The first kappa shape index (κ1) is 14.8. The van der Waals surface area contributed by atoms with E-state index in [9.17, 15) is 18.0 Å². The maximum Gasteiger partial charge on any atom is 0.416 e. The lowest BCUT2D eigenvalue weighted by Gasteiger charge is -2.14. The second kappa shape index (κ2) is 10.4. The van der Waals surface area contributed by atoms with Crippen LogP contribution in [0.2, 0.25) is 0 Å². The Bertz CT molecular complexity index is 2240. The molecule has 8 nitrogen and oxygen atoms in total. The number of hydrogen-bond donors (Lipinski definition) is 2. The van der Waals surface area contributed by atoms with Gasteiger partial charge in [0.25, 0.3) is 5.91 Å². The van der Waals surface area contributed by atoms with Crippen LogP contribution in [0.5, 0.6) is 0 Å². The number of nitrogens with zero attached hydrogens (tertiary/aromatic N) is 5. The van der Waals surface area contributed by atoms with E-state index in [0.717, 1.165) is 12.1 Å². The van der Waals surface area contributed by atoms with Crippen LogP contribution in [0, 0.1) is 13.8 Å². The van der Waals surface area contributed by atoms with Gasteiger partial charge in [0.15, 0.2) is 0 Å². The fourth-order valence-electron chi connectivity index (χ4n) is 3.29. The molecule has 0 aliphatic carbocycles. The van der Waals surface area contributed by atoms with Crippen LogP contribution in [0.15, 0.2) is 85.5 Å². The fourth-order valence-corrected chi connectivity index (χ4v) is 3.29. The molecule has 0 aliphatic rings. The predicted molar refractivity (Wildman–Crippen MR) is 141 cm³/mol. The third-order valence-corrected chi connectivity index (χ3v) is 5.05. The van der Waals surface area contributed by atoms with Gasteiger partial charge in [-0.25, -0.2) is 15.0 Å². The third kappa shape index (κ3) is 5.93. The van der Waals surface area contributed by atoms with Crippen LogP contribution in [0.25, 0.3) is 16.9 Å². The van der Waals surface area contributed by atoms with Crippen LogP contribution in [0.4, 0.5) is 30.5 Å². The Labute approximate surface area is 238 Å². The number of aromatic nitrogens is 5. The Morgan fingerprint density at radius 1 is 1.10 bits per heavy atom. The maximum atomic E-state index is 13.8. The second-order valence-electron chi connectivity index (χ2n) is 7.86. The summed E-state index contributed by atoms with van der Waals surface area (Å²) in [6.07, 6.45) is -4.53. The number of nitrogens with one attached hydrogen (secondary N) is 2. The topological polar surface area (TPSA) is 97.6 Å². The molecule has 0 radical (unpaired) electrons. The van der Waals surface area contributed by atoms with E-state index in [1.54, 1.807) is 6.92 Å². The monoisotopic (exact) mass is 541 g/mol. The standard InChI is InChI=1S/C28H22F3N7O/c1-17-5-6-19(10-25(17)37-27-33-9-7-24(36-27)20-4-3-8-32-14-20)26(39)35-22-11-21(28(29,30)31)12-23(13-22)38-15-18(2)34-16-38/h3-16H,1-2H3,(H,35,39)(H,33,36,37)/i1D3,3D,4D,5D,6D,7D,8D,9D,10D,14D. The van der Waals surface area contributed by atoms with Gasteiger partial charge in [-0.1, -0.05) is 6.04 Å². The summed E-state index contributed by atoms with van der Waals surface area (Å²) in [6.45, 7) is -1.62. The van der Waals surface area contributed by atoms with Crippen molar-refractivity contribution >= 4 is 23.2 Å². The summed E-state index contributed by atoms with van der Waals surface area (Å²) in [6, 6.07) is -2.84. The van der Waals surface area contributed by atoms with Crippen molar-refractivity contribution in [2.75, 3.05) is 10.6 Å². The summed E-state index contributed by atoms with van der Waals surface area (Å²) in [5.74, 6) is -2.09. The smallest absolute Gasteiger partial charge is 0.324 e. The zero-order valence-electron chi connectivity index (χ0n) is 31.7. The number of benzene rings is 2. The van der Waals surface area contributed by atoms with Crippen molar-refractivity contribution in [2.24, 2.45) is 0 Å². The fraction of sp³-hybridized carbons (Fsp3) is 0.107. The molecule has 2 aromatic carbocycles. The van der Waals surface area contributed by atoms with Gasteiger partial charge in [-0.3, -0.25) is 9.78 Å². The van der Waals surface area contributed by atoms with E-state index >= 15 is 0 Å². The van der Waals surface area contributed by atoms with E-state index in [0.29, 0.717) is 11.8 Å². The number of carbonyl (C=O) groups excluding carboxylic acids is 1. The third-order valence-electron chi connectivity index (χ3n) is 5.05. The van der Waals surface area contributed by atoms with E-state index in [4.69, 9.17) is 16.4 Å². The number of imidazole rings is 1. The molecule has 0 unspecified atom stereocenters. The molecule has 11 heteroatoms. The number of anilines is 3. The minimum absolute atomic E-state index is 0.0621. The lowest BCUT2D eigenvalue weighted by atomic mass is 10.1. The molecule has 5 aromatic rings. The highest BCUT2D eigenvalue weighted by atomic mass is 19.4. The zero-order valence-corrected chi connectivity index (χ0v) is 19.7. The maximum absolute atomic E-state index is 13.8. The van der Waals surface area contributed by atoms with E-state index < -0.39 is 119 Å². The minimum Gasteiger partial charge on any atom is -0.324 e. The molecule has 2 N–H and O–H groups in total. The Hall–Kier alpha value is -5.06. The van der Waals surface area contributed by atoms with Gasteiger partial charge < -0.3 is 15.2 Å². The van der Waals surface area contributed by atoms with Crippen molar-refractivity contribution in [3.05, 3.63) is 108 Å². The van der Waals surface area contributed by atoms with Crippen LogP contribution in [-0.4, -0.2) is 30.4 Å².